The van der Waals surface area contributed by atoms with Crippen LogP contribution in [0.15, 0.2) is 0 Å². The molecule has 3 unspecified atom stereocenters. The number of carbonyl (C=O) groups excluding carboxylic acids is 2. The van der Waals surface area contributed by atoms with Crippen molar-refractivity contribution >= 4 is 11.8 Å². The van der Waals surface area contributed by atoms with Crippen LogP contribution in [0.25, 0.3) is 0 Å². The molecule has 1 aliphatic carbocycles. The fourth-order valence-corrected chi connectivity index (χ4v) is 2.21. The second-order valence-corrected chi connectivity index (χ2v) is 5.10. The summed E-state index contributed by atoms with van der Waals surface area (Å²) >= 11 is 0. The van der Waals surface area contributed by atoms with Gasteiger partial charge in [-0.2, -0.15) is 0 Å². The van der Waals surface area contributed by atoms with E-state index in [9.17, 15) is 9.59 Å². The molecule has 4 nitrogen and oxygen atoms in total. The van der Waals surface area contributed by atoms with Crippen LogP contribution in [0.1, 0.15) is 45.4 Å². The van der Waals surface area contributed by atoms with Gasteiger partial charge < -0.3 is 10.6 Å². The van der Waals surface area contributed by atoms with E-state index in [2.05, 4.69) is 17.6 Å². The summed E-state index contributed by atoms with van der Waals surface area (Å²) in [6, 6.07) is 0.429. The van der Waals surface area contributed by atoms with Crippen LogP contribution in [-0.2, 0) is 9.59 Å². The van der Waals surface area contributed by atoms with Crippen molar-refractivity contribution in [3.8, 4) is 0 Å². The molecule has 0 radical (unpaired) electrons. The van der Waals surface area contributed by atoms with Gasteiger partial charge in [-0.1, -0.05) is 13.3 Å². The lowest BCUT2D eigenvalue weighted by molar-refractivity contribution is -0.123. The molecule has 4 heteroatoms. The van der Waals surface area contributed by atoms with Crippen LogP contribution in [0.4, 0.5) is 0 Å². The topological polar surface area (TPSA) is 58.2 Å². The summed E-state index contributed by atoms with van der Waals surface area (Å²) in [5.41, 5.74) is 0. The molecular formula is C12H20N2O2. The first-order valence-corrected chi connectivity index (χ1v) is 6.24. The van der Waals surface area contributed by atoms with Crippen LogP contribution in [0.3, 0.4) is 0 Å². The van der Waals surface area contributed by atoms with Gasteiger partial charge in [0.1, 0.15) is 0 Å². The van der Waals surface area contributed by atoms with E-state index in [1.165, 1.54) is 0 Å². The van der Waals surface area contributed by atoms with Gasteiger partial charge in [-0.25, -0.2) is 0 Å². The molecule has 1 saturated carbocycles. The number of amides is 2. The highest BCUT2D eigenvalue weighted by Crippen LogP contribution is 2.29. The predicted octanol–water partition coefficient (Wildman–Crippen LogP) is 0.960. The molecule has 2 N–H and O–H groups in total. The number of hydrogen-bond acceptors (Lipinski definition) is 2. The molecular weight excluding hydrogens is 204 g/mol. The van der Waals surface area contributed by atoms with Crippen molar-refractivity contribution in [1.82, 2.24) is 10.6 Å². The van der Waals surface area contributed by atoms with Crippen molar-refractivity contribution in [2.24, 2.45) is 5.92 Å². The second kappa shape index (κ2) is 4.85. The van der Waals surface area contributed by atoms with Gasteiger partial charge >= 0.3 is 0 Å². The van der Waals surface area contributed by atoms with E-state index in [-0.39, 0.29) is 17.9 Å². The smallest absolute Gasteiger partial charge is 0.222 e. The maximum Gasteiger partial charge on any atom is 0.222 e. The predicted molar refractivity (Wildman–Crippen MR) is 60.7 cm³/mol. The average Bonchev–Trinajstić information content (AvgIpc) is 2.91. The molecule has 2 fully saturated rings. The number of rotatable bonds is 3. The lowest BCUT2D eigenvalue weighted by Gasteiger charge is -2.15. The lowest BCUT2D eigenvalue weighted by atomic mass is 10.1. The quantitative estimate of drug-likeness (QED) is 0.750. The Bertz CT molecular complexity index is 291. The molecule has 2 rings (SSSR count). The lowest BCUT2D eigenvalue weighted by Crippen LogP contribution is -2.38. The van der Waals surface area contributed by atoms with Gasteiger partial charge in [-0.3, -0.25) is 9.59 Å². The number of nitrogens with one attached hydrogen (secondary N) is 2. The zero-order chi connectivity index (χ0) is 11.5. The molecule has 16 heavy (non-hydrogen) atoms. The molecule has 0 aromatic rings. The molecule has 0 spiro atoms. The minimum Gasteiger partial charge on any atom is -0.353 e. The Morgan fingerprint density at radius 3 is 2.94 bits per heavy atom. The number of carbonyl (C=O) groups is 2. The van der Waals surface area contributed by atoms with Crippen LogP contribution in [0.5, 0.6) is 0 Å². The summed E-state index contributed by atoms with van der Waals surface area (Å²) < 4.78 is 0. The van der Waals surface area contributed by atoms with Gasteiger partial charge in [-0.15, -0.1) is 0 Å². The van der Waals surface area contributed by atoms with Crippen molar-refractivity contribution in [3.63, 3.8) is 0 Å². The third kappa shape index (κ3) is 3.22. The molecule has 3 atom stereocenters. The molecule has 0 aromatic heterocycles. The molecule has 2 aliphatic rings. The molecule has 0 aromatic carbocycles. The minimum atomic E-state index is 0.0454. The van der Waals surface area contributed by atoms with Crippen LogP contribution in [-0.4, -0.2) is 23.9 Å². The highest BCUT2D eigenvalue weighted by atomic mass is 16.2. The zero-order valence-electron chi connectivity index (χ0n) is 9.79. The highest BCUT2D eigenvalue weighted by Gasteiger charge is 2.34. The van der Waals surface area contributed by atoms with Gasteiger partial charge in [0.05, 0.1) is 0 Å². The Morgan fingerprint density at radius 1 is 1.50 bits per heavy atom. The Labute approximate surface area is 96.2 Å². The summed E-state index contributed by atoms with van der Waals surface area (Å²) in [5.74, 6) is 0.810. The Hall–Kier alpha value is -1.06. The van der Waals surface area contributed by atoms with E-state index < -0.39 is 0 Å². The molecule has 0 bridgehead atoms. The summed E-state index contributed by atoms with van der Waals surface area (Å²) in [5, 5.41) is 5.91. The second-order valence-electron chi connectivity index (χ2n) is 5.10. The van der Waals surface area contributed by atoms with Gasteiger partial charge in [0.25, 0.3) is 0 Å². The molecule has 1 heterocycles. The van der Waals surface area contributed by atoms with E-state index in [4.69, 9.17) is 0 Å². The Morgan fingerprint density at radius 2 is 2.25 bits per heavy atom. The fourth-order valence-electron chi connectivity index (χ4n) is 2.21. The zero-order valence-corrected chi connectivity index (χ0v) is 9.79. The first-order valence-electron chi connectivity index (χ1n) is 6.24. The molecule has 2 amide bonds. The van der Waals surface area contributed by atoms with Gasteiger partial charge in [-0.05, 0) is 25.2 Å². The van der Waals surface area contributed by atoms with E-state index in [1.807, 2.05) is 0 Å². The van der Waals surface area contributed by atoms with E-state index in [1.54, 1.807) is 0 Å². The standard InChI is InChI=1S/C12H20N2O2/c1-8-6-10(8)14-12(16)7-9-4-2-3-5-11(15)13-9/h8-10H,2-7H2,1H3,(H,13,15)(H,14,16). The fraction of sp³-hybridized carbons (Fsp3) is 0.833. The first-order chi connectivity index (χ1) is 7.65. The van der Waals surface area contributed by atoms with Crippen LogP contribution in [0, 0.1) is 5.92 Å². The van der Waals surface area contributed by atoms with E-state index in [0.29, 0.717) is 24.8 Å². The van der Waals surface area contributed by atoms with Crippen molar-refractivity contribution in [3.05, 3.63) is 0 Å². The summed E-state index contributed by atoms with van der Waals surface area (Å²) in [4.78, 5) is 23.0. The average molecular weight is 224 g/mol. The molecule has 1 aliphatic heterocycles. The summed E-state index contributed by atoms with van der Waals surface area (Å²) in [6.07, 6.45) is 5.06. The van der Waals surface area contributed by atoms with Crippen LogP contribution in [0.2, 0.25) is 0 Å². The van der Waals surface area contributed by atoms with Gasteiger partial charge in [0, 0.05) is 24.9 Å². The maximum atomic E-state index is 11.7. The Kier molecular flexibility index (Phi) is 3.46. The number of hydrogen-bond donors (Lipinski definition) is 2. The van der Waals surface area contributed by atoms with E-state index in [0.717, 1.165) is 25.7 Å². The summed E-state index contributed by atoms with van der Waals surface area (Å²) in [6.45, 7) is 2.14. The largest absolute Gasteiger partial charge is 0.353 e. The van der Waals surface area contributed by atoms with Crippen molar-refractivity contribution < 1.29 is 9.59 Å². The SMILES string of the molecule is CC1CC1NC(=O)CC1CCCCC(=O)N1. The molecule has 1 saturated heterocycles. The molecule has 90 valence electrons. The van der Waals surface area contributed by atoms with Gasteiger partial charge in [0.2, 0.25) is 11.8 Å². The summed E-state index contributed by atoms with van der Waals surface area (Å²) in [7, 11) is 0. The monoisotopic (exact) mass is 224 g/mol. The van der Waals surface area contributed by atoms with Crippen molar-refractivity contribution in [1.29, 1.82) is 0 Å². The first kappa shape index (κ1) is 11.4. The van der Waals surface area contributed by atoms with Crippen molar-refractivity contribution in [2.45, 2.75) is 57.5 Å². The maximum absolute atomic E-state index is 11.7. The van der Waals surface area contributed by atoms with Crippen LogP contribution >= 0.6 is 0 Å². The third-order valence-electron chi connectivity index (χ3n) is 3.46. The van der Waals surface area contributed by atoms with Crippen molar-refractivity contribution in [2.75, 3.05) is 0 Å². The normalized spacial score (nSPS) is 33.8. The Balaban J connectivity index is 1.74. The third-order valence-corrected chi connectivity index (χ3v) is 3.46. The highest BCUT2D eigenvalue weighted by molar-refractivity contribution is 5.80. The van der Waals surface area contributed by atoms with E-state index >= 15 is 0 Å². The minimum absolute atomic E-state index is 0.0454. The van der Waals surface area contributed by atoms with Crippen LogP contribution < -0.4 is 10.6 Å². The van der Waals surface area contributed by atoms with Gasteiger partial charge in [0.15, 0.2) is 0 Å².